The highest BCUT2D eigenvalue weighted by atomic mass is 19.1. The molecule has 3 aromatic rings. The number of nitrogens with one attached hydrogen (secondary N) is 2. The Morgan fingerprint density at radius 1 is 1.11 bits per heavy atom. The number of nitrogens with zero attached hydrogens (tertiary/aromatic N) is 2. The van der Waals surface area contributed by atoms with E-state index in [9.17, 15) is 39.2 Å². The summed E-state index contributed by atoms with van der Waals surface area (Å²) >= 11 is 0. The van der Waals surface area contributed by atoms with Crippen molar-refractivity contribution >= 4 is 34.4 Å². The summed E-state index contributed by atoms with van der Waals surface area (Å²) in [4.78, 5) is 45.2. The Bertz CT molecular complexity index is 1660. The molecule has 2 aromatic carbocycles. The maximum absolute atomic E-state index is 13.9. The van der Waals surface area contributed by atoms with E-state index in [-0.39, 0.29) is 37.8 Å². The van der Waals surface area contributed by atoms with Gasteiger partial charge in [0.1, 0.15) is 42.1 Å². The highest BCUT2D eigenvalue weighted by Gasteiger charge is 2.44. The first-order chi connectivity index (χ1) is 22.6. The Morgan fingerprint density at radius 2 is 1.91 bits per heavy atom. The second-order valence-electron chi connectivity index (χ2n) is 11.9. The molecule has 3 aliphatic heterocycles. The Kier molecular flexibility index (Phi) is 9.46. The van der Waals surface area contributed by atoms with Gasteiger partial charge < -0.3 is 54.7 Å². The van der Waals surface area contributed by atoms with E-state index < -0.39 is 55.3 Å². The fourth-order valence-electron chi connectivity index (χ4n) is 6.39. The minimum atomic E-state index is -1.54. The van der Waals surface area contributed by atoms with Crippen molar-refractivity contribution in [1.29, 1.82) is 0 Å². The number of anilines is 1. The van der Waals surface area contributed by atoms with E-state index in [2.05, 4.69) is 10.3 Å². The topological polar surface area (TPSA) is 194 Å². The minimum absolute atomic E-state index is 0.0506. The number of aliphatic hydroxyl groups is 4. The van der Waals surface area contributed by atoms with E-state index in [0.29, 0.717) is 36.4 Å². The summed E-state index contributed by atoms with van der Waals surface area (Å²) in [5, 5.41) is 42.4. The van der Waals surface area contributed by atoms with Crippen molar-refractivity contribution < 1.29 is 53.4 Å². The number of hydrogen-bond acceptors (Lipinski definition) is 11. The van der Waals surface area contributed by atoms with Gasteiger partial charge in [0, 0.05) is 37.5 Å². The molecule has 14 nitrogen and oxygen atoms in total. The zero-order valence-electron chi connectivity index (χ0n) is 25.6. The van der Waals surface area contributed by atoms with Gasteiger partial charge in [-0.3, -0.25) is 14.4 Å². The Hall–Kier alpha value is -4.12. The van der Waals surface area contributed by atoms with Crippen molar-refractivity contribution in [3.8, 4) is 5.75 Å². The van der Waals surface area contributed by atoms with Crippen LogP contribution in [-0.4, -0.2) is 112 Å². The van der Waals surface area contributed by atoms with Gasteiger partial charge in [-0.15, -0.1) is 0 Å². The number of rotatable bonds is 10. The number of ether oxygens (including phenoxy) is 3. The molecule has 6 atom stereocenters. The number of aliphatic hydroxyl groups excluding tert-OH is 4. The van der Waals surface area contributed by atoms with Crippen LogP contribution >= 0.6 is 0 Å². The number of carbonyl (C=O) groups excluding carboxylic acids is 3. The van der Waals surface area contributed by atoms with Crippen LogP contribution in [0.25, 0.3) is 10.9 Å². The van der Waals surface area contributed by atoms with Crippen molar-refractivity contribution in [1.82, 2.24) is 15.2 Å². The monoisotopic (exact) mass is 656 g/mol. The molecule has 3 aliphatic rings. The van der Waals surface area contributed by atoms with Gasteiger partial charge in [0.15, 0.2) is 6.29 Å². The van der Waals surface area contributed by atoms with Gasteiger partial charge in [-0.1, -0.05) is 0 Å². The summed E-state index contributed by atoms with van der Waals surface area (Å²) in [6.07, 6.45) is -6.60. The minimum Gasteiger partial charge on any atom is -0.426 e. The van der Waals surface area contributed by atoms with Crippen LogP contribution in [0.4, 0.5) is 10.1 Å². The normalized spacial score (nSPS) is 25.3. The average Bonchev–Trinajstić information content (AvgIpc) is 3.43. The first kappa shape index (κ1) is 32.8. The molecule has 252 valence electrons. The van der Waals surface area contributed by atoms with E-state index in [0.717, 1.165) is 22.2 Å². The van der Waals surface area contributed by atoms with Gasteiger partial charge in [0.25, 0.3) is 5.91 Å². The van der Waals surface area contributed by atoms with Crippen molar-refractivity contribution in [2.45, 2.75) is 62.6 Å². The van der Waals surface area contributed by atoms with Crippen LogP contribution in [0.3, 0.4) is 0 Å². The van der Waals surface area contributed by atoms with E-state index in [4.69, 9.17) is 14.2 Å². The summed E-state index contributed by atoms with van der Waals surface area (Å²) < 4.78 is 30.1. The number of aromatic amines is 1. The number of H-pyrrole nitrogens is 1. The summed E-state index contributed by atoms with van der Waals surface area (Å²) in [6.45, 7) is 0.132. The molecule has 0 saturated carbocycles. The second kappa shape index (κ2) is 13.5. The van der Waals surface area contributed by atoms with Crippen molar-refractivity contribution in [2.75, 3.05) is 38.3 Å². The average molecular weight is 657 g/mol. The molecule has 1 fully saturated rings. The SMILES string of the molecule is CN1c2ccc(F)cc2C(=O)N2CCc3c([nH]c4ccc(OC(=O)CCC(=O)NCCCO[C@@H]5O[C@H](CO)[C@@H](O)[C@H](O)[C@H]5O)cc34)[C@H]21. The molecule has 2 amide bonds. The molecule has 0 unspecified atom stereocenters. The zero-order valence-corrected chi connectivity index (χ0v) is 25.6. The Labute approximate surface area is 268 Å². The maximum atomic E-state index is 13.9. The Balaban J connectivity index is 0.990. The lowest BCUT2D eigenvalue weighted by Crippen LogP contribution is -2.59. The molecule has 1 saturated heterocycles. The zero-order chi connectivity index (χ0) is 33.4. The molecule has 1 aromatic heterocycles. The summed E-state index contributed by atoms with van der Waals surface area (Å²) in [6, 6.07) is 9.43. The van der Waals surface area contributed by atoms with Gasteiger partial charge >= 0.3 is 5.97 Å². The smallest absolute Gasteiger partial charge is 0.311 e. The summed E-state index contributed by atoms with van der Waals surface area (Å²) in [5.41, 5.74) is 3.63. The third-order valence-corrected chi connectivity index (χ3v) is 8.83. The van der Waals surface area contributed by atoms with E-state index >= 15 is 0 Å². The molecule has 6 N–H and O–H groups in total. The number of esters is 1. The molecule has 4 heterocycles. The van der Waals surface area contributed by atoms with Gasteiger partial charge in [-0.2, -0.15) is 0 Å². The van der Waals surface area contributed by atoms with Crippen molar-refractivity contribution in [3.63, 3.8) is 0 Å². The van der Waals surface area contributed by atoms with Crippen LogP contribution < -0.4 is 15.0 Å². The van der Waals surface area contributed by atoms with Crippen LogP contribution in [0.15, 0.2) is 36.4 Å². The highest BCUT2D eigenvalue weighted by Crippen LogP contribution is 2.43. The van der Waals surface area contributed by atoms with E-state index in [1.54, 1.807) is 29.2 Å². The fourth-order valence-corrected chi connectivity index (χ4v) is 6.39. The van der Waals surface area contributed by atoms with Gasteiger partial charge in [-0.25, -0.2) is 4.39 Å². The Morgan fingerprint density at radius 3 is 2.70 bits per heavy atom. The largest absolute Gasteiger partial charge is 0.426 e. The molecule has 47 heavy (non-hydrogen) atoms. The standard InChI is InChI=1S/C32H37FN4O10/c1-36-22-6-3-16(33)13-20(22)31(44)37-11-9-18-19-14-17(4-5-21(19)35-26(18)30(36)37)46-25(40)8-7-24(39)34-10-2-12-45-32-29(43)28(42)27(41)23(15-38)47-32/h3-6,13-14,23,27-30,32,35,38,41-43H,2,7-12,15H2,1H3,(H,34,39)/t23-,27-,28+,29-,30+,32-/m1/s1. The highest BCUT2D eigenvalue weighted by molar-refractivity contribution is 6.02. The first-order valence-electron chi connectivity index (χ1n) is 15.4. The van der Waals surface area contributed by atoms with Gasteiger partial charge in [0.2, 0.25) is 5.91 Å². The summed E-state index contributed by atoms with van der Waals surface area (Å²) in [5.74, 6) is -1.32. The van der Waals surface area contributed by atoms with Crippen LogP contribution in [-0.2, 0) is 25.5 Å². The molecular weight excluding hydrogens is 619 g/mol. The second-order valence-corrected chi connectivity index (χ2v) is 11.9. The number of fused-ring (bicyclic) bond motifs is 6. The number of amides is 2. The molecule has 6 rings (SSSR count). The van der Waals surface area contributed by atoms with Crippen LogP contribution in [0, 0.1) is 5.82 Å². The number of carbonyl (C=O) groups is 3. The lowest BCUT2D eigenvalue weighted by Gasteiger charge is -2.46. The van der Waals surface area contributed by atoms with Crippen molar-refractivity contribution in [3.05, 3.63) is 59.0 Å². The van der Waals surface area contributed by atoms with Crippen molar-refractivity contribution in [2.24, 2.45) is 0 Å². The van der Waals surface area contributed by atoms with E-state index in [1.165, 1.54) is 12.1 Å². The number of benzene rings is 2. The van der Waals surface area contributed by atoms with Crippen LogP contribution in [0.1, 0.15) is 47.0 Å². The lowest BCUT2D eigenvalue weighted by atomic mass is 9.96. The number of hydrogen-bond donors (Lipinski definition) is 6. The molecular formula is C32H37FN4O10. The van der Waals surface area contributed by atoms with Gasteiger partial charge in [-0.05, 0) is 54.8 Å². The molecule has 0 aliphatic carbocycles. The lowest BCUT2D eigenvalue weighted by molar-refractivity contribution is -0.301. The maximum Gasteiger partial charge on any atom is 0.311 e. The third kappa shape index (κ3) is 6.42. The summed E-state index contributed by atoms with van der Waals surface area (Å²) in [7, 11) is 1.86. The molecule has 0 bridgehead atoms. The number of aromatic nitrogens is 1. The fraction of sp³-hybridized carbons (Fsp3) is 0.469. The quantitative estimate of drug-likeness (QED) is 0.101. The molecule has 0 spiro atoms. The third-order valence-electron chi connectivity index (χ3n) is 8.83. The predicted octanol–water partition coefficient (Wildman–Crippen LogP) is 0.462. The first-order valence-corrected chi connectivity index (χ1v) is 15.4. The molecule has 15 heteroatoms. The number of halogens is 1. The van der Waals surface area contributed by atoms with Crippen LogP contribution in [0.2, 0.25) is 0 Å². The molecule has 0 radical (unpaired) electrons. The predicted molar refractivity (Wildman–Crippen MR) is 163 cm³/mol. The van der Waals surface area contributed by atoms with Crippen LogP contribution in [0.5, 0.6) is 5.75 Å². The van der Waals surface area contributed by atoms with E-state index in [1.807, 2.05) is 11.9 Å². The van der Waals surface area contributed by atoms with Gasteiger partial charge in [0.05, 0.1) is 36.6 Å².